The van der Waals surface area contributed by atoms with E-state index in [1.165, 1.54) is 45.4 Å². The van der Waals surface area contributed by atoms with Crippen molar-refractivity contribution >= 4 is 40.1 Å². The molecular weight excluding hydrogens is 508 g/mol. The molecule has 0 aliphatic heterocycles. The lowest BCUT2D eigenvalue weighted by Crippen LogP contribution is -2.42. The number of hydrogen-bond acceptors (Lipinski definition) is 6. The minimum atomic E-state index is -1.23. The van der Waals surface area contributed by atoms with Crippen molar-refractivity contribution in [2.45, 2.75) is 38.3 Å². The Kier molecular flexibility index (Phi) is 7.05. The SMILES string of the molecule is COc1cc2nccc(Oc3c(F)cc(NC(=O)NC4CC4)c(Cl)c3F)c2cc1C(=O)NC(C)(C)C#N. The lowest BCUT2D eigenvalue weighted by molar-refractivity contribution is 0.0926. The third-order valence-electron chi connectivity index (χ3n) is 5.46. The molecule has 3 N–H and O–H groups in total. The van der Waals surface area contributed by atoms with E-state index in [4.69, 9.17) is 21.1 Å². The van der Waals surface area contributed by atoms with Crippen LogP contribution < -0.4 is 25.4 Å². The number of ether oxygens (including phenoxy) is 2. The van der Waals surface area contributed by atoms with Crippen molar-refractivity contribution in [3.8, 4) is 23.3 Å². The maximum atomic E-state index is 15.1. The summed E-state index contributed by atoms with van der Waals surface area (Å²) < 4.78 is 40.9. The van der Waals surface area contributed by atoms with Gasteiger partial charge in [0.05, 0.1) is 29.9 Å². The average Bonchev–Trinajstić information content (AvgIpc) is 3.67. The first-order valence-electron chi connectivity index (χ1n) is 11.2. The fourth-order valence-corrected chi connectivity index (χ4v) is 3.59. The number of nitrogens with zero attached hydrogens (tertiary/aromatic N) is 2. The van der Waals surface area contributed by atoms with Gasteiger partial charge in [-0.15, -0.1) is 0 Å². The van der Waals surface area contributed by atoms with Gasteiger partial charge < -0.3 is 25.4 Å². The first-order chi connectivity index (χ1) is 17.5. The van der Waals surface area contributed by atoms with Crippen LogP contribution in [0.1, 0.15) is 37.0 Å². The molecule has 0 unspecified atom stereocenters. The van der Waals surface area contributed by atoms with Crippen LogP contribution in [0.15, 0.2) is 30.5 Å². The van der Waals surface area contributed by atoms with E-state index in [0.29, 0.717) is 5.52 Å². The van der Waals surface area contributed by atoms with Crippen molar-refractivity contribution in [3.63, 3.8) is 0 Å². The van der Waals surface area contributed by atoms with Crippen LogP contribution in [-0.2, 0) is 0 Å². The second-order valence-electron chi connectivity index (χ2n) is 8.91. The van der Waals surface area contributed by atoms with Crippen LogP contribution in [0, 0.1) is 23.0 Å². The highest BCUT2D eigenvalue weighted by atomic mass is 35.5. The van der Waals surface area contributed by atoms with Gasteiger partial charge in [-0.05, 0) is 38.8 Å². The molecule has 12 heteroatoms. The zero-order chi connectivity index (χ0) is 26.9. The third kappa shape index (κ3) is 5.65. The minimum Gasteiger partial charge on any atom is -0.496 e. The second-order valence-corrected chi connectivity index (χ2v) is 9.29. The number of fused-ring (bicyclic) bond motifs is 1. The van der Waals surface area contributed by atoms with Crippen molar-refractivity contribution in [1.82, 2.24) is 15.6 Å². The number of aromatic nitrogens is 1. The second kappa shape index (κ2) is 10.1. The van der Waals surface area contributed by atoms with Crippen LogP contribution in [0.5, 0.6) is 17.2 Å². The van der Waals surface area contributed by atoms with Gasteiger partial charge in [0, 0.05) is 29.8 Å². The maximum Gasteiger partial charge on any atom is 0.319 e. The van der Waals surface area contributed by atoms with E-state index in [2.05, 4.69) is 20.9 Å². The Labute approximate surface area is 215 Å². The summed E-state index contributed by atoms with van der Waals surface area (Å²) in [6.07, 6.45) is 3.02. The first kappa shape index (κ1) is 25.9. The molecule has 0 spiro atoms. The highest BCUT2D eigenvalue weighted by Crippen LogP contribution is 2.39. The number of benzene rings is 2. The number of anilines is 1. The largest absolute Gasteiger partial charge is 0.496 e. The fourth-order valence-electron chi connectivity index (χ4n) is 3.41. The van der Waals surface area contributed by atoms with Gasteiger partial charge >= 0.3 is 6.03 Å². The predicted octanol–water partition coefficient (Wildman–Crippen LogP) is 5.28. The lowest BCUT2D eigenvalue weighted by atomic mass is 10.0. The molecular formula is C25H22ClF2N5O4. The topological polar surface area (TPSA) is 125 Å². The number of rotatable bonds is 7. The highest BCUT2D eigenvalue weighted by molar-refractivity contribution is 6.34. The van der Waals surface area contributed by atoms with Gasteiger partial charge in [0.2, 0.25) is 0 Å². The molecule has 1 aromatic heterocycles. The molecule has 1 heterocycles. The Morgan fingerprint density at radius 1 is 1.22 bits per heavy atom. The van der Waals surface area contributed by atoms with Gasteiger partial charge in [0.15, 0.2) is 17.4 Å². The van der Waals surface area contributed by atoms with Gasteiger partial charge in [-0.3, -0.25) is 9.78 Å². The summed E-state index contributed by atoms with van der Waals surface area (Å²) in [5.41, 5.74) is -1.06. The van der Waals surface area contributed by atoms with Gasteiger partial charge in [-0.1, -0.05) is 11.6 Å². The summed E-state index contributed by atoms with van der Waals surface area (Å²) in [6.45, 7) is 3.05. The molecule has 0 radical (unpaired) electrons. The molecule has 3 aromatic rings. The van der Waals surface area contributed by atoms with E-state index in [0.717, 1.165) is 18.9 Å². The van der Waals surface area contributed by atoms with E-state index in [-0.39, 0.29) is 34.2 Å². The predicted molar refractivity (Wildman–Crippen MR) is 132 cm³/mol. The minimum absolute atomic E-state index is 0.0256. The van der Waals surface area contributed by atoms with Crippen LogP contribution in [0.25, 0.3) is 10.9 Å². The number of urea groups is 1. The number of methoxy groups -OCH3 is 1. The number of nitrogens with one attached hydrogen (secondary N) is 3. The van der Waals surface area contributed by atoms with Crippen molar-refractivity contribution in [2.75, 3.05) is 12.4 Å². The molecule has 0 atom stereocenters. The molecule has 37 heavy (non-hydrogen) atoms. The van der Waals surface area contributed by atoms with E-state index in [9.17, 15) is 19.2 Å². The Bertz CT molecular complexity index is 1450. The molecule has 2 aromatic carbocycles. The number of pyridine rings is 1. The van der Waals surface area contributed by atoms with Crippen molar-refractivity contribution in [1.29, 1.82) is 5.26 Å². The summed E-state index contributed by atoms with van der Waals surface area (Å²) in [4.78, 5) is 29.1. The Morgan fingerprint density at radius 3 is 2.59 bits per heavy atom. The molecule has 1 fully saturated rings. The lowest BCUT2D eigenvalue weighted by Gasteiger charge is -2.19. The molecule has 192 valence electrons. The molecule has 0 bridgehead atoms. The normalized spacial score (nSPS) is 13.0. The molecule has 9 nitrogen and oxygen atoms in total. The zero-order valence-electron chi connectivity index (χ0n) is 20.0. The van der Waals surface area contributed by atoms with Crippen LogP contribution in [-0.4, -0.2) is 35.6 Å². The van der Waals surface area contributed by atoms with Crippen LogP contribution >= 0.6 is 11.6 Å². The van der Waals surface area contributed by atoms with Crippen LogP contribution in [0.4, 0.5) is 19.3 Å². The Balaban J connectivity index is 1.70. The first-order valence-corrected chi connectivity index (χ1v) is 11.5. The molecule has 3 amide bonds. The van der Waals surface area contributed by atoms with E-state index >= 15 is 4.39 Å². The summed E-state index contributed by atoms with van der Waals surface area (Å²) in [6, 6.07) is 6.43. The number of hydrogen-bond donors (Lipinski definition) is 3. The van der Waals surface area contributed by atoms with Crippen LogP contribution in [0.3, 0.4) is 0 Å². The van der Waals surface area contributed by atoms with E-state index < -0.39 is 39.9 Å². The Hall–Kier alpha value is -4.17. The maximum absolute atomic E-state index is 15.1. The van der Waals surface area contributed by atoms with Gasteiger partial charge in [-0.25, -0.2) is 13.6 Å². The smallest absolute Gasteiger partial charge is 0.319 e. The van der Waals surface area contributed by atoms with E-state index in [1.54, 1.807) is 0 Å². The third-order valence-corrected chi connectivity index (χ3v) is 5.83. The standard InChI is InChI=1S/C25H22ClF2N5O4/c1-25(2,11-29)33-23(34)14-8-13-16(10-19(14)36-3)30-7-6-18(13)37-22-15(27)9-17(20(26)21(22)28)32-24(35)31-12-4-5-12/h6-10,12H,4-5H2,1-3H3,(H,33,34)(H2,31,32,35). The monoisotopic (exact) mass is 529 g/mol. The summed E-state index contributed by atoms with van der Waals surface area (Å²) in [7, 11) is 1.36. The van der Waals surface area contributed by atoms with Gasteiger partial charge in [0.25, 0.3) is 5.91 Å². The van der Waals surface area contributed by atoms with Crippen LogP contribution in [0.2, 0.25) is 5.02 Å². The number of amides is 3. The molecule has 1 aliphatic rings. The Morgan fingerprint density at radius 2 is 1.95 bits per heavy atom. The number of nitriles is 1. The fraction of sp³-hybridized carbons (Fsp3) is 0.280. The molecule has 0 saturated heterocycles. The van der Waals surface area contributed by atoms with E-state index in [1.807, 2.05) is 6.07 Å². The summed E-state index contributed by atoms with van der Waals surface area (Å²) in [5, 5.41) is 16.5. The summed E-state index contributed by atoms with van der Waals surface area (Å²) >= 11 is 6.06. The molecule has 1 aliphatic carbocycles. The van der Waals surface area contributed by atoms with Gasteiger partial charge in [0.1, 0.15) is 22.1 Å². The average molecular weight is 530 g/mol. The zero-order valence-corrected chi connectivity index (χ0v) is 20.8. The quantitative estimate of drug-likeness (QED) is 0.357. The number of carbonyl (C=O) groups is 2. The number of halogens is 3. The van der Waals surface area contributed by atoms with Gasteiger partial charge in [-0.2, -0.15) is 5.26 Å². The highest BCUT2D eigenvalue weighted by Gasteiger charge is 2.27. The molecule has 4 rings (SSSR count). The summed E-state index contributed by atoms with van der Waals surface area (Å²) in [5.74, 6) is -3.61. The van der Waals surface area contributed by atoms with Crippen molar-refractivity contribution in [2.24, 2.45) is 0 Å². The van der Waals surface area contributed by atoms with Crippen molar-refractivity contribution < 1.29 is 27.8 Å². The van der Waals surface area contributed by atoms with Crippen molar-refractivity contribution in [3.05, 3.63) is 52.7 Å². The number of carbonyl (C=O) groups excluding carboxylic acids is 2. The molecule has 1 saturated carbocycles.